The van der Waals surface area contributed by atoms with E-state index in [1.165, 1.54) is 7.11 Å². The molecule has 1 aromatic heterocycles. The summed E-state index contributed by atoms with van der Waals surface area (Å²) in [5.41, 5.74) is 9.01. The molecule has 2 N–H and O–H groups in total. The van der Waals surface area contributed by atoms with E-state index in [9.17, 15) is 4.79 Å². The lowest BCUT2D eigenvalue weighted by molar-refractivity contribution is 0.121. The number of hydrogen-bond acceptors (Lipinski definition) is 5. The SMILES string of the molecule is COC(=O)N1CCN(c2c(C(C)N)cc(Cl)c3cccnc23)CC1. The molecule has 1 atom stereocenters. The van der Waals surface area contributed by atoms with Gasteiger partial charge in [0, 0.05) is 43.8 Å². The number of pyridine rings is 1. The van der Waals surface area contributed by atoms with Crippen LogP contribution in [-0.4, -0.2) is 49.3 Å². The summed E-state index contributed by atoms with van der Waals surface area (Å²) in [6.07, 6.45) is 1.47. The molecule has 0 aliphatic carbocycles. The summed E-state index contributed by atoms with van der Waals surface area (Å²) in [7, 11) is 1.40. The van der Waals surface area contributed by atoms with Crippen molar-refractivity contribution in [2.75, 3.05) is 38.2 Å². The summed E-state index contributed by atoms with van der Waals surface area (Å²) in [6, 6.07) is 5.60. The molecule has 3 rings (SSSR count). The number of carbonyl (C=O) groups excluding carboxylic acids is 1. The molecule has 128 valence electrons. The lowest BCUT2D eigenvalue weighted by Crippen LogP contribution is -2.49. The monoisotopic (exact) mass is 348 g/mol. The Kier molecular flexibility index (Phi) is 4.78. The van der Waals surface area contributed by atoms with Crippen molar-refractivity contribution < 1.29 is 9.53 Å². The van der Waals surface area contributed by atoms with Crippen LogP contribution in [0.4, 0.5) is 10.5 Å². The van der Waals surface area contributed by atoms with Crippen molar-refractivity contribution in [2.45, 2.75) is 13.0 Å². The highest BCUT2D eigenvalue weighted by Gasteiger charge is 2.26. The average Bonchev–Trinajstić information content (AvgIpc) is 2.61. The van der Waals surface area contributed by atoms with Crippen molar-refractivity contribution in [2.24, 2.45) is 5.73 Å². The molecule has 0 spiro atoms. The van der Waals surface area contributed by atoms with Crippen molar-refractivity contribution in [3.63, 3.8) is 0 Å². The second kappa shape index (κ2) is 6.83. The Balaban J connectivity index is 2.01. The molecule has 0 radical (unpaired) electrons. The number of benzene rings is 1. The Bertz CT molecular complexity index is 758. The molecule has 0 bridgehead atoms. The van der Waals surface area contributed by atoms with Gasteiger partial charge in [-0.15, -0.1) is 0 Å². The van der Waals surface area contributed by atoms with E-state index >= 15 is 0 Å². The third-order valence-corrected chi connectivity index (χ3v) is 4.68. The number of nitrogens with zero attached hydrogens (tertiary/aromatic N) is 3. The standard InChI is InChI=1S/C17H21ClN4O2/c1-11(19)13-10-14(18)12-4-3-5-20-15(12)16(13)21-6-8-22(9-7-21)17(23)24-2/h3-5,10-11H,6-9,19H2,1-2H3. The molecule has 24 heavy (non-hydrogen) atoms. The normalized spacial score (nSPS) is 16.3. The second-order valence-corrected chi connectivity index (χ2v) is 6.34. The predicted octanol–water partition coefficient (Wildman–Crippen LogP) is 2.80. The van der Waals surface area contributed by atoms with Crippen molar-refractivity contribution in [1.29, 1.82) is 0 Å². The van der Waals surface area contributed by atoms with Crippen LogP contribution in [0.2, 0.25) is 5.02 Å². The minimum absolute atomic E-state index is 0.164. The maximum Gasteiger partial charge on any atom is 0.409 e. The number of methoxy groups -OCH3 is 1. The lowest BCUT2D eigenvalue weighted by atomic mass is 10.0. The van der Waals surface area contributed by atoms with E-state index in [2.05, 4.69) is 9.88 Å². The first-order valence-corrected chi connectivity index (χ1v) is 8.31. The van der Waals surface area contributed by atoms with E-state index in [0.717, 1.165) is 22.2 Å². The Morgan fingerprint density at radius 1 is 1.38 bits per heavy atom. The van der Waals surface area contributed by atoms with Crippen LogP contribution in [-0.2, 0) is 4.74 Å². The minimum Gasteiger partial charge on any atom is -0.453 e. The molecule has 1 fully saturated rings. The first-order valence-electron chi connectivity index (χ1n) is 7.93. The second-order valence-electron chi connectivity index (χ2n) is 5.93. The van der Waals surface area contributed by atoms with Crippen LogP contribution < -0.4 is 10.6 Å². The van der Waals surface area contributed by atoms with Crippen molar-refractivity contribution >= 4 is 34.3 Å². The van der Waals surface area contributed by atoms with Gasteiger partial charge >= 0.3 is 6.09 Å². The van der Waals surface area contributed by atoms with Gasteiger partial charge in [0.15, 0.2) is 0 Å². The van der Waals surface area contributed by atoms with E-state index in [0.29, 0.717) is 31.2 Å². The Morgan fingerprint density at radius 2 is 2.08 bits per heavy atom. The highest BCUT2D eigenvalue weighted by Crippen LogP contribution is 2.37. The predicted molar refractivity (Wildman–Crippen MR) is 95.5 cm³/mol. The molecule has 1 saturated heterocycles. The summed E-state index contributed by atoms with van der Waals surface area (Å²) >= 11 is 6.42. The maximum atomic E-state index is 11.7. The van der Waals surface area contributed by atoms with Gasteiger partial charge in [-0.25, -0.2) is 4.79 Å². The average molecular weight is 349 g/mol. The number of hydrogen-bond donors (Lipinski definition) is 1. The number of carbonyl (C=O) groups is 1. The Hall–Kier alpha value is -2.05. The zero-order valence-electron chi connectivity index (χ0n) is 13.8. The molecule has 1 unspecified atom stereocenters. The summed E-state index contributed by atoms with van der Waals surface area (Å²) < 4.78 is 4.80. The number of halogens is 1. The van der Waals surface area contributed by atoms with Crippen LogP contribution in [0.25, 0.3) is 10.9 Å². The molecule has 7 heteroatoms. The van der Waals surface area contributed by atoms with Gasteiger partial charge in [-0.2, -0.15) is 0 Å². The summed E-state index contributed by atoms with van der Waals surface area (Å²) in [6.45, 7) is 4.53. The van der Waals surface area contributed by atoms with E-state index < -0.39 is 0 Å². The number of amides is 1. The molecular weight excluding hydrogens is 328 g/mol. The van der Waals surface area contributed by atoms with Crippen LogP contribution >= 0.6 is 11.6 Å². The van der Waals surface area contributed by atoms with Gasteiger partial charge in [0.2, 0.25) is 0 Å². The summed E-state index contributed by atoms with van der Waals surface area (Å²) in [5.74, 6) is 0. The number of nitrogens with two attached hydrogens (primary N) is 1. The van der Waals surface area contributed by atoms with Crippen LogP contribution in [0.3, 0.4) is 0 Å². The van der Waals surface area contributed by atoms with Gasteiger partial charge in [-0.05, 0) is 30.7 Å². The molecule has 1 amide bonds. The number of fused-ring (bicyclic) bond motifs is 1. The molecule has 2 aromatic rings. The summed E-state index contributed by atoms with van der Waals surface area (Å²) in [5, 5.41) is 1.57. The van der Waals surface area contributed by atoms with Gasteiger partial charge in [-0.1, -0.05) is 11.6 Å². The lowest BCUT2D eigenvalue weighted by Gasteiger charge is -2.37. The van der Waals surface area contributed by atoms with Crippen LogP contribution in [0.1, 0.15) is 18.5 Å². The molecule has 1 aliphatic rings. The smallest absolute Gasteiger partial charge is 0.409 e. The number of piperazine rings is 1. The number of aromatic nitrogens is 1. The first kappa shape index (κ1) is 16.8. The molecule has 1 aromatic carbocycles. The molecular formula is C17H21ClN4O2. The third-order valence-electron chi connectivity index (χ3n) is 4.36. The van der Waals surface area contributed by atoms with Crippen LogP contribution in [0, 0.1) is 0 Å². The Morgan fingerprint density at radius 3 is 2.71 bits per heavy atom. The van der Waals surface area contributed by atoms with Gasteiger partial charge < -0.3 is 20.3 Å². The molecule has 6 nitrogen and oxygen atoms in total. The molecule has 0 saturated carbocycles. The van der Waals surface area contributed by atoms with Gasteiger partial charge in [0.1, 0.15) is 0 Å². The van der Waals surface area contributed by atoms with Crippen molar-refractivity contribution in [1.82, 2.24) is 9.88 Å². The third kappa shape index (κ3) is 2.99. The zero-order chi connectivity index (χ0) is 17.3. The van der Waals surface area contributed by atoms with Gasteiger partial charge in [0.25, 0.3) is 0 Å². The van der Waals surface area contributed by atoms with E-state index in [1.54, 1.807) is 11.1 Å². The largest absolute Gasteiger partial charge is 0.453 e. The number of rotatable bonds is 2. The van der Waals surface area contributed by atoms with E-state index in [4.69, 9.17) is 22.1 Å². The highest BCUT2D eigenvalue weighted by atomic mass is 35.5. The van der Waals surface area contributed by atoms with E-state index in [-0.39, 0.29) is 12.1 Å². The first-order chi connectivity index (χ1) is 11.5. The molecule has 2 heterocycles. The van der Waals surface area contributed by atoms with Crippen LogP contribution in [0.5, 0.6) is 0 Å². The topological polar surface area (TPSA) is 71.7 Å². The number of anilines is 1. The van der Waals surface area contributed by atoms with Crippen LogP contribution in [0.15, 0.2) is 24.4 Å². The zero-order valence-corrected chi connectivity index (χ0v) is 14.6. The highest BCUT2D eigenvalue weighted by molar-refractivity contribution is 6.36. The molecule has 1 aliphatic heterocycles. The van der Waals surface area contributed by atoms with Crippen molar-refractivity contribution in [3.8, 4) is 0 Å². The van der Waals surface area contributed by atoms with E-state index in [1.807, 2.05) is 25.1 Å². The fraction of sp³-hybridized carbons (Fsp3) is 0.412. The quantitative estimate of drug-likeness (QED) is 0.903. The fourth-order valence-electron chi connectivity index (χ4n) is 3.13. The maximum absolute atomic E-state index is 11.7. The summed E-state index contributed by atoms with van der Waals surface area (Å²) in [4.78, 5) is 20.1. The van der Waals surface area contributed by atoms with Gasteiger partial charge in [-0.3, -0.25) is 4.98 Å². The van der Waals surface area contributed by atoms with Gasteiger partial charge in [0.05, 0.1) is 23.3 Å². The fourth-order valence-corrected chi connectivity index (χ4v) is 3.40. The Labute approximate surface area is 146 Å². The minimum atomic E-state index is -0.291. The van der Waals surface area contributed by atoms with Crippen molar-refractivity contribution in [3.05, 3.63) is 35.0 Å². The number of ether oxygens (including phenoxy) is 1.